The van der Waals surface area contributed by atoms with Crippen LogP contribution < -0.4 is 5.73 Å². The number of H-pyrrole nitrogens is 1. The molecule has 3 N–H and O–H groups in total. The van der Waals surface area contributed by atoms with E-state index in [9.17, 15) is 0 Å². The van der Waals surface area contributed by atoms with Crippen molar-refractivity contribution in [1.82, 2.24) is 15.0 Å². The molecule has 0 bridgehead atoms. The van der Waals surface area contributed by atoms with Crippen molar-refractivity contribution in [2.75, 3.05) is 5.73 Å². The molecule has 4 nitrogen and oxygen atoms in total. The van der Waals surface area contributed by atoms with Gasteiger partial charge in [-0.2, -0.15) is 0 Å². The zero-order chi connectivity index (χ0) is 14.8. The summed E-state index contributed by atoms with van der Waals surface area (Å²) in [5.74, 6) is 2.20. The maximum Gasteiger partial charge on any atom is 0.179 e. The fraction of sp³-hybridized carbons (Fsp3) is 0.294. The minimum Gasteiger partial charge on any atom is -0.384 e. The van der Waals surface area contributed by atoms with Crippen molar-refractivity contribution in [1.29, 1.82) is 0 Å². The molecule has 0 aliphatic carbocycles. The first-order valence-corrected chi connectivity index (χ1v) is 7.36. The van der Waals surface area contributed by atoms with E-state index in [1.54, 1.807) is 6.07 Å². The van der Waals surface area contributed by atoms with Gasteiger partial charge in [0.15, 0.2) is 5.65 Å². The van der Waals surface area contributed by atoms with Crippen LogP contribution in [0.4, 0.5) is 5.82 Å². The predicted molar refractivity (Wildman–Crippen MR) is 86.0 cm³/mol. The normalized spacial score (nSPS) is 14.2. The van der Waals surface area contributed by atoms with Gasteiger partial charge in [0.2, 0.25) is 0 Å². The number of nitrogens with zero attached hydrogens (tertiary/aromatic N) is 2. The first kappa shape index (κ1) is 13.6. The number of anilines is 1. The summed E-state index contributed by atoms with van der Waals surface area (Å²) >= 11 is 0. The van der Waals surface area contributed by atoms with Crippen molar-refractivity contribution in [2.45, 2.75) is 26.2 Å². The standard InChI is InChI=1S/C17H20N4/c1-3-11(2)15(12-7-5-4-6-8-12)17-19-13-9-10-14(18)20-16(13)21-17/h4-11,15H,3H2,1-2H3,(H3,18,19,20,21). The third-order valence-corrected chi connectivity index (χ3v) is 4.05. The number of rotatable bonds is 4. The summed E-state index contributed by atoms with van der Waals surface area (Å²) in [6.07, 6.45) is 1.09. The van der Waals surface area contributed by atoms with Crippen LogP contribution in [0, 0.1) is 5.92 Å². The van der Waals surface area contributed by atoms with Gasteiger partial charge in [0.05, 0.1) is 5.52 Å². The van der Waals surface area contributed by atoms with Gasteiger partial charge in [-0.25, -0.2) is 9.97 Å². The molecule has 3 rings (SSSR count). The molecule has 0 fully saturated rings. The molecule has 2 aromatic heterocycles. The molecule has 1 aromatic carbocycles. The summed E-state index contributed by atoms with van der Waals surface area (Å²) < 4.78 is 0. The van der Waals surface area contributed by atoms with Gasteiger partial charge in [-0.3, -0.25) is 0 Å². The monoisotopic (exact) mass is 280 g/mol. The molecular formula is C17H20N4. The molecule has 2 heterocycles. The topological polar surface area (TPSA) is 67.6 Å². The van der Waals surface area contributed by atoms with E-state index in [4.69, 9.17) is 5.73 Å². The first-order valence-electron chi connectivity index (χ1n) is 7.36. The SMILES string of the molecule is CCC(C)C(c1ccccc1)c1nc2nc(N)ccc2[nH]1. The van der Waals surface area contributed by atoms with Crippen LogP contribution in [0.3, 0.4) is 0 Å². The van der Waals surface area contributed by atoms with E-state index in [2.05, 4.69) is 53.1 Å². The maximum atomic E-state index is 5.74. The molecule has 0 saturated heterocycles. The summed E-state index contributed by atoms with van der Waals surface area (Å²) in [5, 5.41) is 0. The fourth-order valence-electron chi connectivity index (χ4n) is 2.73. The summed E-state index contributed by atoms with van der Waals surface area (Å²) in [7, 11) is 0. The number of aromatic amines is 1. The number of hydrogen-bond donors (Lipinski definition) is 2. The van der Waals surface area contributed by atoms with Crippen molar-refractivity contribution in [3.05, 3.63) is 53.9 Å². The smallest absolute Gasteiger partial charge is 0.179 e. The molecule has 0 amide bonds. The number of aromatic nitrogens is 3. The van der Waals surface area contributed by atoms with E-state index < -0.39 is 0 Å². The molecule has 2 unspecified atom stereocenters. The van der Waals surface area contributed by atoms with Crippen molar-refractivity contribution in [3.63, 3.8) is 0 Å². The second kappa shape index (κ2) is 5.56. The van der Waals surface area contributed by atoms with Crippen LogP contribution in [0.25, 0.3) is 11.2 Å². The molecule has 3 aromatic rings. The largest absolute Gasteiger partial charge is 0.384 e. The van der Waals surface area contributed by atoms with E-state index in [1.807, 2.05) is 12.1 Å². The molecule has 0 aliphatic rings. The number of pyridine rings is 1. The van der Waals surface area contributed by atoms with Gasteiger partial charge < -0.3 is 10.7 Å². The Morgan fingerprint density at radius 3 is 2.57 bits per heavy atom. The van der Waals surface area contributed by atoms with E-state index in [0.29, 0.717) is 17.4 Å². The molecule has 0 aliphatic heterocycles. The first-order chi connectivity index (χ1) is 10.2. The molecule has 4 heteroatoms. The highest BCUT2D eigenvalue weighted by atomic mass is 15.0. The lowest BCUT2D eigenvalue weighted by atomic mass is 9.85. The van der Waals surface area contributed by atoms with Gasteiger partial charge in [-0.1, -0.05) is 50.6 Å². The van der Waals surface area contributed by atoms with E-state index in [1.165, 1.54) is 5.56 Å². The van der Waals surface area contributed by atoms with Crippen molar-refractivity contribution in [2.24, 2.45) is 5.92 Å². The Kier molecular flexibility index (Phi) is 3.60. The Morgan fingerprint density at radius 1 is 1.10 bits per heavy atom. The third kappa shape index (κ3) is 2.61. The Balaban J connectivity index is 2.10. The summed E-state index contributed by atoms with van der Waals surface area (Å²) in [4.78, 5) is 12.4. The number of fused-ring (bicyclic) bond motifs is 1. The fourth-order valence-corrected chi connectivity index (χ4v) is 2.73. The van der Waals surface area contributed by atoms with Gasteiger partial charge in [-0.05, 0) is 23.6 Å². The molecule has 2 atom stereocenters. The molecule has 0 radical (unpaired) electrons. The Labute approximate surface area is 124 Å². The van der Waals surface area contributed by atoms with Crippen LogP contribution in [-0.4, -0.2) is 15.0 Å². The molecule has 21 heavy (non-hydrogen) atoms. The second-order valence-electron chi connectivity index (χ2n) is 5.50. The average molecular weight is 280 g/mol. The lowest BCUT2D eigenvalue weighted by Gasteiger charge is -2.21. The van der Waals surface area contributed by atoms with Crippen molar-refractivity contribution >= 4 is 17.0 Å². The highest BCUT2D eigenvalue weighted by Gasteiger charge is 2.23. The maximum absolute atomic E-state index is 5.74. The lowest BCUT2D eigenvalue weighted by Crippen LogP contribution is -2.12. The Hall–Kier alpha value is -2.36. The number of imidazole rings is 1. The van der Waals surface area contributed by atoms with Gasteiger partial charge in [-0.15, -0.1) is 0 Å². The molecule has 0 saturated carbocycles. The van der Waals surface area contributed by atoms with Crippen LogP contribution >= 0.6 is 0 Å². The van der Waals surface area contributed by atoms with Crippen molar-refractivity contribution < 1.29 is 0 Å². The van der Waals surface area contributed by atoms with E-state index in [0.717, 1.165) is 17.8 Å². The summed E-state index contributed by atoms with van der Waals surface area (Å²) in [6.45, 7) is 4.46. The molecular weight excluding hydrogens is 260 g/mol. The highest BCUT2D eigenvalue weighted by molar-refractivity contribution is 5.72. The van der Waals surface area contributed by atoms with Crippen LogP contribution in [-0.2, 0) is 0 Å². The quantitative estimate of drug-likeness (QED) is 0.765. The predicted octanol–water partition coefficient (Wildman–Crippen LogP) is 3.72. The minimum atomic E-state index is 0.242. The van der Waals surface area contributed by atoms with Crippen LogP contribution in [0.2, 0.25) is 0 Å². The minimum absolute atomic E-state index is 0.242. The van der Waals surface area contributed by atoms with E-state index in [-0.39, 0.29) is 5.92 Å². The van der Waals surface area contributed by atoms with Gasteiger partial charge >= 0.3 is 0 Å². The molecule has 0 spiro atoms. The van der Waals surface area contributed by atoms with Crippen LogP contribution in [0.5, 0.6) is 0 Å². The highest BCUT2D eigenvalue weighted by Crippen LogP contribution is 2.32. The average Bonchev–Trinajstić information content (AvgIpc) is 2.90. The number of hydrogen-bond acceptors (Lipinski definition) is 3. The summed E-state index contributed by atoms with van der Waals surface area (Å²) in [6, 6.07) is 14.2. The van der Waals surface area contributed by atoms with Gasteiger partial charge in [0.25, 0.3) is 0 Å². The van der Waals surface area contributed by atoms with Gasteiger partial charge in [0.1, 0.15) is 11.6 Å². The number of nitrogen functional groups attached to an aromatic ring is 1. The molecule has 108 valence electrons. The lowest BCUT2D eigenvalue weighted by molar-refractivity contribution is 0.482. The van der Waals surface area contributed by atoms with Crippen LogP contribution in [0.15, 0.2) is 42.5 Å². The summed E-state index contributed by atoms with van der Waals surface area (Å²) in [5.41, 5.74) is 8.64. The number of benzene rings is 1. The number of nitrogens with two attached hydrogens (primary N) is 1. The zero-order valence-corrected chi connectivity index (χ0v) is 12.4. The third-order valence-electron chi connectivity index (χ3n) is 4.05. The second-order valence-corrected chi connectivity index (χ2v) is 5.50. The van der Waals surface area contributed by atoms with Crippen LogP contribution in [0.1, 0.15) is 37.6 Å². The van der Waals surface area contributed by atoms with Gasteiger partial charge in [0, 0.05) is 5.92 Å². The Morgan fingerprint density at radius 2 is 1.86 bits per heavy atom. The van der Waals surface area contributed by atoms with Crippen molar-refractivity contribution in [3.8, 4) is 0 Å². The number of nitrogens with one attached hydrogen (secondary N) is 1. The zero-order valence-electron chi connectivity index (χ0n) is 12.4. The van der Waals surface area contributed by atoms with E-state index >= 15 is 0 Å². The Bertz CT molecular complexity index is 733.